The van der Waals surface area contributed by atoms with E-state index in [1.54, 1.807) is 6.08 Å². The first-order valence-electron chi connectivity index (χ1n) is 34.8. The molecule has 17 atom stereocenters. The third-order valence-corrected chi connectivity index (χ3v) is 16.9. The first-order chi connectivity index (χ1) is 43.8. The Hall–Kier alpha value is -3.03. The van der Waals surface area contributed by atoms with Crippen LogP contribution in [-0.2, 0) is 33.2 Å². The molecule has 3 saturated heterocycles. The zero-order valence-electron chi connectivity index (χ0n) is 54.8. The Bertz CT molecular complexity index is 1960. The van der Waals surface area contributed by atoms with Gasteiger partial charge in [0.1, 0.15) is 73.2 Å². The molecular formula is C71H123NO18. The van der Waals surface area contributed by atoms with Crippen LogP contribution in [0.25, 0.3) is 0 Å². The van der Waals surface area contributed by atoms with Crippen LogP contribution in [-0.4, -0.2) is 193 Å². The molecule has 19 heteroatoms. The summed E-state index contributed by atoms with van der Waals surface area (Å²) in [5, 5.41) is 120. The fourth-order valence-electron chi connectivity index (χ4n) is 11.3. The van der Waals surface area contributed by atoms with Crippen molar-refractivity contribution in [3.63, 3.8) is 0 Å². The molecule has 3 fully saturated rings. The molecule has 520 valence electrons. The summed E-state index contributed by atoms with van der Waals surface area (Å²) in [6.07, 6.45) is 39.8. The minimum Gasteiger partial charge on any atom is -0.394 e. The second kappa shape index (κ2) is 52.3. The number of nitrogens with one attached hydrogen (secondary N) is 1. The van der Waals surface area contributed by atoms with Gasteiger partial charge < -0.3 is 89.9 Å². The molecule has 0 saturated carbocycles. The van der Waals surface area contributed by atoms with E-state index in [1.807, 2.05) is 6.08 Å². The second-order valence-corrected chi connectivity index (χ2v) is 24.6. The van der Waals surface area contributed by atoms with Crippen molar-refractivity contribution in [3.8, 4) is 0 Å². The van der Waals surface area contributed by atoms with Gasteiger partial charge in [0.05, 0.1) is 38.6 Å². The normalized spacial score (nSPS) is 28.6. The maximum atomic E-state index is 13.4. The molecule has 0 aliphatic carbocycles. The molecule has 0 aromatic heterocycles. The van der Waals surface area contributed by atoms with Crippen LogP contribution in [0.1, 0.15) is 226 Å². The predicted octanol–water partition coefficient (Wildman–Crippen LogP) is 9.10. The minimum absolute atomic E-state index is 0.225. The Morgan fingerprint density at radius 2 is 0.778 bits per heavy atom. The van der Waals surface area contributed by atoms with E-state index >= 15 is 0 Å². The summed E-state index contributed by atoms with van der Waals surface area (Å²) in [6, 6.07) is -1.00. The van der Waals surface area contributed by atoms with Gasteiger partial charge in [0, 0.05) is 6.42 Å². The van der Waals surface area contributed by atoms with Gasteiger partial charge in [-0.2, -0.15) is 0 Å². The van der Waals surface area contributed by atoms with Crippen molar-refractivity contribution in [1.29, 1.82) is 0 Å². The number of allylic oxidation sites excluding steroid dienone is 13. The van der Waals surface area contributed by atoms with Crippen LogP contribution in [0.5, 0.6) is 0 Å². The SMILES string of the molecule is CC/C=C\C/C=C\C/C=C\C/C=C\CCCCCCCCCCCCCCC(=O)NC(COC1OC(CO)C(OC2OC(CO)C(OC3OC(CO)C(O)C(O)C3O)C(O)C2O)C(O)C1O)C(O)/C=C/CC/C=C/CC/C=C/CCCCCCCCCCCC. The lowest BCUT2D eigenvalue weighted by atomic mass is 9.96. The molecular weight excluding hydrogens is 1150 g/mol. The summed E-state index contributed by atoms with van der Waals surface area (Å²) >= 11 is 0. The first-order valence-corrected chi connectivity index (χ1v) is 34.8. The largest absolute Gasteiger partial charge is 0.394 e. The number of carbonyl (C=O) groups is 1. The number of carbonyl (C=O) groups excluding carboxylic acids is 1. The number of aliphatic hydroxyl groups is 11. The molecule has 12 N–H and O–H groups in total. The van der Waals surface area contributed by atoms with Crippen LogP contribution >= 0.6 is 0 Å². The van der Waals surface area contributed by atoms with Gasteiger partial charge in [0.2, 0.25) is 5.91 Å². The zero-order valence-corrected chi connectivity index (χ0v) is 54.8. The Labute approximate surface area is 540 Å². The van der Waals surface area contributed by atoms with Crippen molar-refractivity contribution in [1.82, 2.24) is 5.32 Å². The van der Waals surface area contributed by atoms with E-state index in [0.717, 1.165) is 83.5 Å². The maximum absolute atomic E-state index is 13.4. The van der Waals surface area contributed by atoms with E-state index in [9.17, 15) is 61.0 Å². The smallest absolute Gasteiger partial charge is 0.220 e. The van der Waals surface area contributed by atoms with Gasteiger partial charge in [-0.1, -0.05) is 221 Å². The fourth-order valence-corrected chi connectivity index (χ4v) is 11.3. The van der Waals surface area contributed by atoms with Crippen molar-refractivity contribution >= 4 is 5.91 Å². The number of ether oxygens (including phenoxy) is 6. The molecule has 17 unspecified atom stereocenters. The average molecular weight is 1280 g/mol. The van der Waals surface area contributed by atoms with Crippen LogP contribution in [0.15, 0.2) is 85.1 Å². The van der Waals surface area contributed by atoms with Gasteiger partial charge in [-0.15, -0.1) is 0 Å². The third kappa shape index (κ3) is 33.9. The molecule has 0 radical (unpaired) electrons. The highest BCUT2D eigenvalue weighted by atomic mass is 16.8. The van der Waals surface area contributed by atoms with Gasteiger partial charge in [0.25, 0.3) is 0 Å². The summed E-state index contributed by atoms with van der Waals surface area (Å²) in [5.74, 6) is -0.294. The molecule has 3 aliphatic heterocycles. The highest BCUT2D eigenvalue weighted by Gasteiger charge is 2.53. The fraction of sp³-hybridized carbons (Fsp3) is 0.789. The second-order valence-electron chi connectivity index (χ2n) is 24.6. The number of aliphatic hydroxyl groups excluding tert-OH is 11. The Balaban J connectivity index is 1.45. The van der Waals surface area contributed by atoms with Gasteiger partial charge >= 0.3 is 0 Å². The standard InChI is InChI=1S/C71H123NO18/c1-3-5-7-9-11-13-15-17-19-21-23-25-26-27-28-29-31-33-35-37-39-41-43-45-47-49-59(77)72-54(55(76)48-46-44-42-40-38-36-34-32-30-24-22-20-18-16-14-12-10-8-6-4-2)53-85-69-65(83)62(80)67(57(51-74)87-69)90-71-66(84)63(81)68(58(52-75)88-71)89-70-64(82)61(79)60(78)56(50-73)86-70/h5,7,11,13,17,19,23,25,30,32,38,40,46,48,54-58,60-71,73-76,78-84H,3-4,6,8-10,12,14-16,18,20-22,24,26-29,31,33-37,39,41-45,47,49-53H2,1-2H3,(H,72,77)/b7-5-,13-11-,19-17-,25-23-,32-30+,40-38+,48-46+. The van der Waals surface area contributed by atoms with Crippen molar-refractivity contribution in [3.05, 3.63) is 85.1 Å². The highest BCUT2D eigenvalue weighted by Crippen LogP contribution is 2.33. The molecule has 0 aromatic rings. The van der Waals surface area contributed by atoms with E-state index in [4.69, 9.17) is 28.4 Å². The van der Waals surface area contributed by atoms with Gasteiger partial charge in [-0.25, -0.2) is 0 Å². The van der Waals surface area contributed by atoms with Crippen LogP contribution < -0.4 is 5.32 Å². The van der Waals surface area contributed by atoms with E-state index < -0.39 is 124 Å². The van der Waals surface area contributed by atoms with E-state index in [-0.39, 0.29) is 18.9 Å². The summed E-state index contributed by atoms with van der Waals surface area (Å²) in [7, 11) is 0. The highest BCUT2D eigenvalue weighted by molar-refractivity contribution is 5.76. The number of rotatable bonds is 52. The number of hydrogen-bond donors (Lipinski definition) is 12. The number of hydrogen-bond acceptors (Lipinski definition) is 18. The molecule has 0 spiro atoms. The molecule has 0 bridgehead atoms. The van der Waals surface area contributed by atoms with Crippen molar-refractivity contribution in [2.24, 2.45) is 0 Å². The van der Waals surface area contributed by atoms with Crippen LogP contribution in [0.4, 0.5) is 0 Å². The van der Waals surface area contributed by atoms with Crippen molar-refractivity contribution in [2.75, 3.05) is 26.4 Å². The van der Waals surface area contributed by atoms with Crippen LogP contribution in [0.2, 0.25) is 0 Å². The van der Waals surface area contributed by atoms with E-state index in [0.29, 0.717) is 12.8 Å². The Morgan fingerprint density at radius 3 is 1.24 bits per heavy atom. The summed E-state index contributed by atoms with van der Waals surface area (Å²) in [4.78, 5) is 13.4. The third-order valence-electron chi connectivity index (χ3n) is 16.9. The number of unbranched alkanes of at least 4 members (excludes halogenated alkanes) is 24. The quantitative estimate of drug-likeness (QED) is 0.0200. The monoisotopic (exact) mass is 1280 g/mol. The van der Waals surface area contributed by atoms with Gasteiger partial charge in [-0.3, -0.25) is 4.79 Å². The molecule has 1 amide bonds. The molecule has 3 aliphatic rings. The molecule has 0 aromatic carbocycles. The van der Waals surface area contributed by atoms with Crippen molar-refractivity contribution < 1.29 is 89.4 Å². The minimum atomic E-state index is -1.99. The Morgan fingerprint density at radius 1 is 0.411 bits per heavy atom. The number of amides is 1. The van der Waals surface area contributed by atoms with E-state index in [1.165, 1.54) is 109 Å². The maximum Gasteiger partial charge on any atom is 0.220 e. The topological polar surface area (TPSA) is 307 Å². The Kier molecular flexibility index (Phi) is 47.2. The van der Waals surface area contributed by atoms with Crippen molar-refractivity contribution in [2.45, 2.75) is 330 Å². The predicted molar refractivity (Wildman–Crippen MR) is 351 cm³/mol. The molecule has 3 rings (SSSR count). The molecule has 3 heterocycles. The first kappa shape index (κ1) is 81.2. The lowest BCUT2D eigenvalue weighted by molar-refractivity contribution is -0.379. The molecule has 19 nitrogen and oxygen atoms in total. The van der Waals surface area contributed by atoms with E-state index in [2.05, 4.69) is 92.1 Å². The van der Waals surface area contributed by atoms with Gasteiger partial charge in [0.15, 0.2) is 18.9 Å². The molecule has 90 heavy (non-hydrogen) atoms. The average Bonchev–Trinajstić information content (AvgIpc) is 0.847. The van der Waals surface area contributed by atoms with Crippen LogP contribution in [0, 0.1) is 0 Å². The lowest BCUT2D eigenvalue weighted by Crippen LogP contribution is -2.66. The zero-order chi connectivity index (χ0) is 65.4. The lowest BCUT2D eigenvalue weighted by Gasteiger charge is -2.48. The van der Waals surface area contributed by atoms with Gasteiger partial charge in [-0.05, 0) is 83.5 Å². The van der Waals surface area contributed by atoms with Crippen LogP contribution in [0.3, 0.4) is 0 Å². The summed E-state index contributed by atoms with van der Waals surface area (Å²) in [5.41, 5.74) is 0. The summed E-state index contributed by atoms with van der Waals surface area (Å²) < 4.78 is 34.3. The summed E-state index contributed by atoms with van der Waals surface area (Å²) in [6.45, 7) is 1.59.